The summed E-state index contributed by atoms with van der Waals surface area (Å²) in [6, 6.07) is 3.25. The lowest BCUT2D eigenvalue weighted by Crippen LogP contribution is -2.52. The van der Waals surface area contributed by atoms with E-state index in [4.69, 9.17) is 4.42 Å². The van der Waals surface area contributed by atoms with Crippen molar-refractivity contribution in [3.8, 4) is 0 Å². The van der Waals surface area contributed by atoms with E-state index in [-0.39, 0.29) is 11.7 Å². The lowest BCUT2D eigenvalue weighted by Gasteiger charge is -2.33. The highest BCUT2D eigenvalue weighted by atomic mass is 32.1. The lowest BCUT2D eigenvalue weighted by atomic mass is 10.2. The molecule has 0 aromatic carbocycles. The minimum absolute atomic E-state index is 0.213. The molecule has 2 aromatic heterocycles. The maximum absolute atomic E-state index is 12.2. The molecule has 3 rings (SSSR count). The van der Waals surface area contributed by atoms with Crippen LogP contribution in [0.4, 0.5) is 5.13 Å². The number of rotatable bonds is 2. The third-order valence-corrected chi connectivity index (χ3v) is 4.50. The summed E-state index contributed by atoms with van der Waals surface area (Å²) in [7, 11) is 0. The molecule has 1 N–H and O–H groups in total. The average Bonchev–Trinajstić information content (AvgIpc) is 3.25. The van der Waals surface area contributed by atoms with Crippen molar-refractivity contribution < 1.29 is 18.8 Å². The standard InChI is InChI=1S/C15H16N4O4S/c1-10-9-24-15(16-10)17-12(20)14(22)19-6-4-18(5-7-19)13(21)11-3-2-8-23-11/h2-3,8-9H,4-7H2,1H3,(H,16,17,20). The van der Waals surface area contributed by atoms with E-state index < -0.39 is 11.8 Å². The number of furan rings is 1. The number of nitrogens with one attached hydrogen (secondary N) is 1. The Bertz CT molecular complexity index is 747. The molecule has 9 heteroatoms. The van der Waals surface area contributed by atoms with Crippen LogP contribution in [0.25, 0.3) is 0 Å². The highest BCUT2D eigenvalue weighted by molar-refractivity contribution is 7.14. The maximum atomic E-state index is 12.2. The van der Waals surface area contributed by atoms with Gasteiger partial charge in [-0.15, -0.1) is 11.3 Å². The van der Waals surface area contributed by atoms with Gasteiger partial charge in [-0.2, -0.15) is 0 Å². The second kappa shape index (κ2) is 6.83. The number of aryl methyl sites for hydroxylation is 1. The second-order valence-electron chi connectivity index (χ2n) is 5.31. The zero-order valence-corrected chi connectivity index (χ0v) is 13.8. The fourth-order valence-electron chi connectivity index (χ4n) is 2.37. The van der Waals surface area contributed by atoms with Crippen molar-refractivity contribution in [3.05, 3.63) is 35.2 Å². The molecule has 0 spiro atoms. The summed E-state index contributed by atoms with van der Waals surface area (Å²) in [4.78, 5) is 43.5. The molecule has 8 nitrogen and oxygen atoms in total. The third-order valence-electron chi connectivity index (χ3n) is 3.62. The molecule has 0 unspecified atom stereocenters. The number of hydrogen-bond acceptors (Lipinski definition) is 6. The first-order valence-electron chi connectivity index (χ1n) is 7.40. The van der Waals surface area contributed by atoms with Crippen molar-refractivity contribution in [2.24, 2.45) is 0 Å². The first-order chi connectivity index (χ1) is 11.5. The Kier molecular flexibility index (Phi) is 4.61. The van der Waals surface area contributed by atoms with Crippen LogP contribution in [0.5, 0.6) is 0 Å². The summed E-state index contributed by atoms with van der Waals surface area (Å²) in [5.41, 5.74) is 0.785. The summed E-state index contributed by atoms with van der Waals surface area (Å²) in [6.07, 6.45) is 1.44. The Balaban J connectivity index is 1.53. The molecule has 0 aliphatic carbocycles. The Morgan fingerprint density at radius 3 is 2.50 bits per heavy atom. The van der Waals surface area contributed by atoms with Gasteiger partial charge >= 0.3 is 11.8 Å². The minimum Gasteiger partial charge on any atom is -0.459 e. The van der Waals surface area contributed by atoms with E-state index in [1.807, 2.05) is 6.92 Å². The number of aromatic nitrogens is 1. The zero-order valence-electron chi connectivity index (χ0n) is 13.0. The number of nitrogens with zero attached hydrogens (tertiary/aromatic N) is 3. The molecule has 3 heterocycles. The molecule has 24 heavy (non-hydrogen) atoms. The normalized spacial score (nSPS) is 14.5. The van der Waals surface area contributed by atoms with Gasteiger partial charge in [-0.1, -0.05) is 0 Å². The van der Waals surface area contributed by atoms with Crippen LogP contribution in [0.1, 0.15) is 16.2 Å². The topological polar surface area (TPSA) is 95.8 Å². The van der Waals surface area contributed by atoms with Crippen molar-refractivity contribution in [1.29, 1.82) is 0 Å². The van der Waals surface area contributed by atoms with Crippen molar-refractivity contribution in [3.63, 3.8) is 0 Å². The van der Waals surface area contributed by atoms with E-state index >= 15 is 0 Å². The van der Waals surface area contributed by atoms with Gasteiger partial charge in [-0.25, -0.2) is 4.98 Å². The highest BCUT2D eigenvalue weighted by Crippen LogP contribution is 2.15. The van der Waals surface area contributed by atoms with Crippen molar-refractivity contribution in [1.82, 2.24) is 14.8 Å². The molecule has 2 aromatic rings. The molecule has 0 radical (unpaired) electrons. The molecule has 0 bridgehead atoms. The Morgan fingerprint density at radius 2 is 1.92 bits per heavy atom. The van der Waals surface area contributed by atoms with Gasteiger partial charge in [0.15, 0.2) is 10.9 Å². The van der Waals surface area contributed by atoms with Gasteiger partial charge in [0.1, 0.15) is 0 Å². The van der Waals surface area contributed by atoms with Gasteiger partial charge in [-0.05, 0) is 19.1 Å². The number of carbonyl (C=O) groups excluding carboxylic acids is 3. The van der Waals surface area contributed by atoms with Gasteiger partial charge in [0.05, 0.1) is 12.0 Å². The fraction of sp³-hybridized carbons (Fsp3) is 0.333. The van der Waals surface area contributed by atoms with Gasteiger partial charge in [0, 0.05) is 31.6 Å². The molecule has 1 aliphatic rings. The average molecular weight is 348 g/mol. The van der Waals surface area contributed by atoms with Crippen LogP contribution in [-0.2, 0) is 9.59 Å². The molecule has 126 valence electrons. The van der Waals surface area contributed by atoms with Crippen molar-refractivity contribution in [2.45, 2.75) is 6.92 Å². The third kappa shape index (κ3) is 3.46. The number of piperazine rings is 1. The molecule has 3 amide bonds. The predicted molar refractivity (Wildman–Crippen MR) is 86.7 cm³/mol. The lowest BCUT2D eigenvalue weighted by molar-refractivity contribution is -0.144. The van der Waals surface area contributed by atoms with Crippen LogP contribution in [0.2, 0.25) is 0 Å². The van der Waals surface area contributed by atoms with E-state index in [0.29, 0.717) is 31.3 Å². The van der Waals surface area contributed by atoms with E-state index in [1.165, 1.54) is 22.5 Å². The number of hydrogen-bond donors (Lipinski definition) is 1. The summed E-state index contributed by atoms with van der Waals surface area (Å²) in [5.74, 6) is -1.27. The molecule has 1 aliphatic heterocycles. The first kappa shape index (κ1) is 16.2. The predicted octanol–water partition coefficient (Wildman–Crippen LogP) is 0.968. The summed E-state index contributed by atoms with van der Waals surface area (Å²) < 4.78 is 5.09. The largest absolute Gasteiger partial charge is 0.459 e. The number of amides is 3. The van der Waals surface area contributed by atoms with E-state index in [2.05, 4.69) is 10.3 Å². The molecule has 0 saturated carbocycles. The minimum atomic E-state index is -0.713. The van der Waals surface area contributed by atoms with Crippen molar-refractivity contribution >= 4 is 34.2 Å². The van der Waals surface area contributed by atoms with Crippen LogP contribution in [-0.4, -0.2) is 58.7 Å². The quantitative estimate of drug-likeness (QED) is 0.816. The Morgan fingerprint density at radius 1 is 1.21 bits per heavy atom. The van der Waals surface area contributed by atoms with E-state index in [9.17, 15) is 14.4 Å². The van der Waals surface area contributed by atoms with Crippen LogP contribution in [0.3, 0.4) is 0 Å². The summed E-state index contributed by atoms with van der Waals surface area (Å²) in [6.45, 7) is 3.12. The molecule has 1 saturated heterocycles. The van der Waals surface area contributed by atoms with E-state index in [0.717, 1.165) is 5.69 Å². The van der Waals surface area contributed by atoms with Gasteiger partial charge in [-0.3, -0.25) is 19.7 Å². The summed E-state index contributed by atoms with van der Waals surface area (Å²) >= 11 is 1.27. The summed E-state index contributed by atoms with van der Waals surface area (Å²) in [5, 5.41) is 4.69. The van der Waals surface area contributed by atoms with E-state index in [1.54, 1.807) is 22.4 Å². The second-order valence-corrected chi connectivity index (χ2v) is 6.17. The first-order valence-corrected chi connectivity index (χ1v) is 8.28. The van der Waals surface area contributed by atoms with Gasteiger partial charge < -0.3 is 14.2 Å². The molecule has 0 atom stereocenters. The van der Waals surface area contributed by atoms with Crippen LogP contribution in [0.15, 0.2) is 28.2 Å². The van der Waals surface area contributed by atoms with Gasteiger partial charge in [0.2, 0.25) is 0 Å². The van der Waals surface area contributed by atoms with Crippen LogP contribution < -0.4 is 5.32 Å². The number of thiazole rings is 1. The van der Waals surface area contributed by atoms with Gasteiger partial charge in [0.25, 0.3) is 5.91 Å². The zero-order chi connectivity index (χ0) is 17.1. The molecular formula is C15H16N4O4S. The Labute approximate surface area is 142 Å². The SMILES string of the molecule is Cc1csc(NC(=O)C(=O)N2CCN(C(=O)c3ccco3)CC2)n1. The fourth-order valence-corrected chi connectivity index (χ4v) is 3.06. The molecular weight excluding hydrogens is 332 g/mol. The Hall–Kier alpha value is -2.68. The smallest absolute Gasteiger partial charge is 0.315 e. The van der Waals surface area contributed by atoms with Crippen LogP contribution in [0, 0.1) is 6.92 Å². The van der Waals surface area contributed by atoms with Crippen LogP contribution >= 0.6 is 11.3 Å². The molecule has 1 fully saturated rings. The maximum Gasteiger partial charge on any atom is 0.315 e. The number of carbonyl (C=O) groups is 3. The number of anilines is 1. The van der Waals surface area contributed by atoms with Crippen molar-refractivity contribution in [2.75, 3.05) is 31.5 Å². The highest BCUT2D eigenvalue weighted by Gasteiger charge is 2.29. The monoisotopic (exact) mass is 348 g/mol.